The van der Waals surface area contributed by atoms with Crippen molar-refractivity contribution in [3.05, 3.63) is 81.7 Å². The smallest absolute Gasteiger partial charge is 0.379 e. The highest BCUT2D eigenvalue weighted by Gasteiger charge is 2.15. The normalized spacial score (nSPS) is 10.7. The molecule has 1 amide bonds. The van der Waals surface area contributed by atoms with Crippen molar-refractivity contribution < 1.29 is 23.5 Å². The molecule has 0 saturated carbocycles. The van der Waals surface area contributed by atoms with Gasteiger partial charge in [0.15, 0.2) is 11.5 Å². The third-order valence-electron chi connectivity index (χ3n) is 3.67. The number of carbonyl (C=O) groups is 2. The topological polar surface area (TPSA) is 90.1 Å². The summed E-state index contributed by atoms with van der Waals surface area (Å²) in [5.74, 6) is -0.550. The molecule has 0 unspecified atom stereocenters. The number of rotatable bonds is 6. The number of esters is 1. The van der Waals surface area contributed by atoms with E-state index in [1.54, 1.807) is 30.3 Å². The lowest BCUT2D eigenvalue weighted by Gasteiger charge is -2.09. The van der Waals surface area contributed by atoms with Gasteiger partial charge in [-0.15, -0.1) is 0 Å². The number of nitrogens with zero attached hydrogens (tertiary/aromatic N) is 1. The van der Waals surface area contributed by atoms with Gasteiger partial charge in [0.2, 0.25) is 5.76 Å². The van der Waals surface area contributed by atoms with Gasteiger partial charge in [-0.1, -0.05) is 23.2 Å². The number of nitrogens with one attached hydrogen (secondary N) is 1. The van der Waals surface area contributed by atoms with E-state index in [2.05, 4.69) is 10.5 Å². The SMILES string of the molecule is COc1cc(/C=N\NC(=O)c2ccc(Cl)cc2Cl)ccc1OC(=O)c1ccco1. The molecular weight excluding hydrogens is 419 g/mol. The first-order chi connectivity index (χ1) is 14.0. The predicted octanol–water partition coefficient (Wildman–Crippen LogP) is 4.58. The number of ether oxygens (including phenoxy) is 2. The maximum atomic E-state index is 12.1. The Hall–Kier alpha value is -3.29. The maximum absolute atomic E-state index is 12.1. The second-order valence-corrected chi connectivity index (χ2v) is 6.44. The lowest BCUT2D eigenvalue weighted by Crippen LogP contribution is -2.18. The first-order valence-electron chi connectivity index (χ1n) is 8.20. The second-order valence-electron chi connectivity index (χ2n) is 5.60. The Balaban J connectivity index is 1.68. The fourth-order valence-corrected chi connectivity index (χ4v) is 2.79. The minimum atomic E-state index is -0.651. The standard InChI is InChI=1S/C20H14Cl2N2O5/c1-27-18-9-12(4-7-16(18)29-20(26)17-3-2-8-28-17)11-23-24-19(25)14-6-5-13(21)10-15(14)22/h2-11H,1H3,(H,24,25)/b23-11-. The minimum absolute atomic E-state index is 0.0706. The van der Waals surface area contributed by atoms with Crippen LogP contribution >= 0.6 is 23.2 Å². The maximum Gasteiger partial charge on any atom is 0.379 e. The van der Waals surface area contributed by atoms with E-state index in [-0.39, 0.29) is 22.1 Å². The number of furan rings is 1. The van der Waals surface area contributed by atoms with E-state index in [1.807, 2.05) is 0 Å². The number of benzene rings is 2. The highest BCUT2D eigenvalue weighted by molar-refractivity contribution is 6.36. The summed E-state index contributed by atoms with van der Waals surface area (Å²) in [5, 5.41) is 4.54. The summed E-state index contributed by atoms with van der Waals surface area (Å²) < 4.78 is 15.5. The zero-order valence-corrected chi connectivity index (χ0v) is 16.5. The monoisotopic (exact) mass is 432 g/mol. The quantitative estimate of drug-likeness (QED) is 0.266. The van der Waals surface area contributed by atoms with Gasteiger partial charge in [-0.05, 0) is 54.1 Å². The molecule has 0 saturated heterocycles. The average molecular weight is 433 g/mol. The molecule has 0 aliphatic heterocycles. The zero-order chi connectivity index (χ0) is 20.8. The molecule has 0 aliphatic carbocycles. The van der Waals surface area contributed by atoms with E-state index in [0.29, 0.717) is 16.3 Å². The van der Waals surface area contributed by atoms with Gasteiger partial charge >= 0.3 is 5.97 Å². The molecule has 1 heterocycles. The van der Waals surface area contributed by atoms with E-state index in [0.717, 1.165) is 0 Å². The van der Waals surface area contributed by atoms with Crippen molar-refractivity contribution >= 4 is 41.3 Å². The molecule has 0 fully saturated rings. The van der Waals surface area contributed by atoms with E-state index >= 15 is 0 Å². The molecule has 0 aliphatic rings. The molecule has 3 rings (SSSR count). The number of amides is 1. The van der Waals surface area contributed by atoms with Crippen LogP contribution in [0.4, 0.5) is 0 Å². The summed E-state index contributed by atoms with van der Waals surface area (Å²) in [4.78, 5) is 24.1. The molecule has 1 aromatic heterocycles. The van der Waals surface area contributed by atoms with Gasteiger partial charge in [0.1, 0.15) is 0 Å². The van der Waals surface area contributed by atoms with Crippen molar-refractivity contribution in [1.29, 1.82) is 0 Å². The lowest BCUT2D eigenvalue weighted by atomic mass is 10.2. The molecule has 0 spiro atoms. The van der Waals surface area contributed by atoms with Gasteiger partial charge in [0.05, 0.1) is 30.2 Å². The van der Waals surface area contributed by atoms with Crippen molar-refractivity contribution in [1.82, 2.24) is 5.43 Å². The van der Waals surface area contributed by atoms with E-state index in [1.165, 1.54) is 37.8 Å². The number of carbonyl (C=O) groups excluding carboxylic acids is 2. The number of hydrogen-bond acceptors (Lipinski definition) is 6. The predicted molar refractivity (Wildman–Crippen MR) is 108 cm³/mol. The molecule has 2 aromatic carbocycles. The molecule has 148 valence electrons. The van der Waals surface area contributed by atoms with E-state index in [9.17, 15) is 9.59 Å². The third kappa shape index (κ3) is 5.16. The van der Waals surface area contributed by atoms with Gasteiger partial charge in [0, 0.05) is 5.02 Å². The van der Waals surface area contributed by atoms with Crippen LogP contribution in [0.1, 0.15) is 26.5 Å². The van der Waals surface area contributed by atoms with Crippen molar-refractivity contribution in [2.24, 2.45) is 5.10 Å². The molecule has 1 N–H and O–H groups in total. The van der Waals surface area contributed by atoms with Gasteiger partial charge < -0.3 is 13.9 Å². The molecule has 0 atom stereocenters. The van der Waals surface area contributed by atoms with Crippen LogP contribution < -0.4 is 14.9 Å². The van der Waals surface area contributed by atoms with Crippen LogP contribution in [0.2, 0.25) is 10.0 Å². The Morgan fingerprint density at radius 1 is 1.10 bits per heavy atom. The van der Waals surface area contributed by atoms with Gasteiger partial charge in [-0.25, -0.2) is 10.2 Å². The van der Waals surface area contributed by atoms with Crippen LogP contribution in [-0.4, -0.2) is 25.2 Å². The molecule has 3 aromatic rings. The largest absolute Gasteiger partial charge is 0.493 e. The Morgan fingerprint density at radius 3 is 2.62 bits per heavy atom. The highest BCUT2D eigenvalue weighted by atomic mass is 35.5. The minimum Gasteiger partial charge on any atom is -0.493 e. The molecule has 0 bridgehead atoms. The van der Waals surface area contributed by atoms with Crippen LogP contribution in [0.15, 0.2) is 64.3 Å². The van der Waals surface area contributed by atoms with Crippen LogP contribution in [-0.2, 0) is 0 Å². The van der Waals surface area contributed by atoms with Gasteiger partial charge in [-0.2, -0.15) is 5.10 Å². The van der Waals surface area contributed by atoms with Crippen LogP contribution in [0, 0.1) is 0 Å². The van der Waals surface area contributed by atoms with Crippen LogP contribution in [0.5, 0.6) is 11.5 Å². The summed E-state index contributed by atoms with van der Waals surface area (Å²) >= 11 is 11.8. The molecule has 0 radical (unpaired) electrons. The van der Waals surface area contributed by atoms with Crippen LogP contribution in [0.25, 0.3) is 0 Å². The number of methoxy groups -OCH3 is 1. The van der Waals surface area contributed by atoms with Crippen LogP contribution in [0.3, 0.4) is 0 Å². The fraction of sp³-hybridized carbons (Fsp3) is 0.0500. The molecule has 7 nitrogen and oxygen atoms in total. The fourth-order valence-electron chi connectivity index (χ4n) is 2.29. The Morgan fingerprint density at radius 2 is 1.93 bits per heavy atom. The second kappa shape index (κ2) is 9.27. The Kier molecular flexibility index (Phi) is 6.54. The zero-order valence-electron chi connectivity index (χ0n) is 15.0. The van der Waals surface area contributed by atoms with E-state index in [4.69, 9.17) is 37.1 Å². The molecular formula is C20H14Cl2N2O5. The van der Waals surface area contributed by atoms with E-state index < -0.39 is 11.9 Å². The van der Waals surface area contributed by atoms with Gasteiger partial charge in [0.25, 0.3) is 5.91 Å². The summed E-state index contributed by atoms with van der Waals surface area (Å²) in [6, 6.07) is 12.4. The third-order valence-corrected chi connectivity index (χ3v) is 4.22. The van der Waals surface area contributed by atoms with Crippen molar-refractivity contribution in [3.63, 3.8) is 0 Å². The summed E-state index contributed by atoms with van der Waals surface area (Å²) in [6.07, 6.45) is 2.78. The summed E-state index contributed by atoms with van der Waals surface area (Å²) in [6.45, 7) is 0. The number of halogens is 2. The summed E-state index contributed by atoms with van der Waals surface area (Å²) in [5.41, 5.74) is 3.22. The average Bonchev–Trinajstić information content (AvgIpc) is 3.23. The number of hydrazone groups is 1. The lowest BCUT2D eigenvalue weighted by molar-refractivity contribution is 0.0696. The first-order valence-corrected chi connectivity index (χ1v) is 8.95. The van der Waals surface area contributed by atoms with Gasteiger partial charge in [-0.3, -0.25) is 4.79 Å². The molecule has 9 heteroatoms. The van der Waals surface area contributed by atoms with Crippen molar-refractivity contribution in [2.75, 3.05) is 7.11 Å². The molecule has 29 heavy (non-hydrogen) atoms. The Bertz CT molecular complexity index is 1060. The Labute approximate surface area is 175 Å². The highest BCUT2D eigenvalue weighted by Crippen LogP contribution is 2.28. The number of hydrogen-bond donors (Lipinski definition) is 1. The summed E-state index contributed by atoms with van der Waals surface area (Å²) in [7, 11) is 1.44. The van der Waals surface area contributed by atoms with Crippen molar-refractivity contribution in [3.8, 4) is 11.5 Å². The first kappa shape index (κ1) is 20.4. The van der Waals surface area contributed by atoms with Crippen molar-refractivity contribution in [2.45, 2.75) is 0 Å².